The zero-order valence-corrected chi connectivity index (χ0v) is 12.2. The van der Waals surface area contributed by atoms with E-state index in [-0.39, 0.29) is 5.56 Å². The number of hydrogen-bond acceptors (Lipinski definition) is 2. The molecule has 0 N–H and O–H groups in total. The molecule has 0 spiro atoms. The van der Waals surface area contributed by atoms with E-state index in [0.717, 1.165) is 23.9 Å². The second-order valence-corrected chi connectivity index (χ2v) is 6.38. The molecule has 2 aromatic heterocycles. The number of para-hydroxylation sites is 1. The Labute approximate surface area is 128 Å². The van der Waals surface area contributed by atoms with Crippen LogP contribution in [-0.4, -0.2) is 9.55 Å². The van der Waals surface area contributed by atoms with Crippen molar-refractivity contribution >= 4 is 10.9 Å². The van der Waals surface area contributed by atoms with Gasteiger partial charge in [-0.1, -0.05) is 24.3 Å². The van der Waals surface area contributed by atoms with Crippen LogP contribution in [0.3, 0.4) is 0 Å². The quantitative estimate of drug-likeness (QED) is 0.683. The third kappa shape index (κ3) is 1.46. The Kier molecular flexibility index (Phi) is 2.37. The molecule has 0 amide bonds. The normalized spacial score (nSPS) is 22.2. The zero-order valence-electron chi connectivity index (χ0n) is 12.2. The van der Waals surface area contributed by atoms with Gasteiger partial charge in [0.05, 0.1) is 5.52 Å². The van der Waals surface area contributed by atoms with Gasteiger partial charge in [-0.3, -0.25) is 9.36 Å². The minimum Gasteiger partial charge on any atom is -0.269 e. The fraction of sp³-hybridized carbons (Fsp3) is 0.263. The van der Waals surface area contributed by atoms with E-state index in [9.17, 15) is 4.79 Å². The van der Waals surface area contributed by atoms with E-state index < -0.39 is 0 Å². The van der Waals surface area contributed by atoms with Crippen molar-refractivity contribution in [2.75, 3.05) is 0 Å². The first-order valence-electron chi connectivity index (χ1n) is 7.93. The average Bonchev–Trinajstić information content (AvgIpc) is 3.18. The number of hydrogen-bond donors (Lipinski definition) is 0. The molecule has 3 aromatic rings. The van der Waals surface area contributed by atoms with Crippen LogP contribution in [0.5, 0.6) is 0 Å². The summed E-state index contributed by atoms with van der Waals surface area (Å²) < 4.78 is 1.80. The summed E-state index contributed by atoms with van der Waals surface area (Å²) in [6, 6.07) is 14.0. The molecule has 1 aromatic carbocycles. The molecule has 2 aliphatic rings. The van der Waals surface area contributed by atoms with E-state index in [1.54, 1.807) is 10.8 Å². The van der Waals surface area contributed by atoms with Gasteiger partial charge in [-0.15, -0.1) is 0 Å². The van der Waals surface area contributed by atoms with Gasteiger partial charge in [0.25, 0.3) is 5.56 Å². The first-order chi connectivity index (χ1) is 10.8. The number of pyridine rings is 2. The van der Waals surface area contributed by atoms with Crippen molar-refractivity contribution in [2.24, 2.45) is 0 Å². The van der Waals surface area contributed by atoms with Crippen LogP contribution in [0.4, 0.5) is 0 Å². The van der Waals surface area contributed by atoms with Gasteiger partial charge >= 0.3 is 0 Å². The molecular weight excluding hydrogens is 272 g/mol. The lowest BCUT2D eigenvalue weighted by Crippen LogP contribution is -2.26. The fourth-order valence-corrected chi connectivity index (χ4v) is 4.44. The highest BCUT2D eigenvalue weighted by Crippen LogP contribution is 2.53. The van der Waals surface area contributed by atoms with Crippen LogP contribution in [0.2, 0.25) is 0 Å². The minimum atomic E-state index is 0.139. The van der Waals surface area contributed by atoms with Crippen LogP contribution in [0.25, 0.3) is 16.7 Å². The van der Waals surface area contributed by atoms with Crippen molar-refractivity contribution < 1.29 is 0 Å². The molecule has 2 atom stereocenters. The van der Waals surface area contributed by atoms with Crippen LogP contribution < -0.4 is 5.56 Å². The predicted molar refractivity (Wildman–Crippen MR) is 86.7 cm³/mol. The van der Waals surface area contributed by atoms with E-state index in [0.29, 0.717) is 17.7 Å². The molecule has 5 rings (SSSR count). The maximum absolute atomic E-state index is 13.2. The number of nitrogens with zero attached hydrogens (tertiary/aromatic N) is 2. The molecule has 0 aliphatic heterocycles. The van der Waals surface area contributed by atoms with Gasteiger partial charge in [0.1, 0.15) is 5.82 Å². The number of aromatic nitrogens is 2. The van der Waals surface area contributed by atoms with Crippen molar-refractivity contribution in [3.05, 3.63) is 70.1 Å². The third-order valence-corrected chi connectivity index (χ3v) is 5.29. The molecule has 2 aliphatic carbocycles. The second kappa shape index (κ2) is 4.29. The Hall–Kier alpha value is -2.42. The fourth-order valence-electron chi connectivity index (χ4n) is 4.44. The van der Waals surface area contributed by atoms with E-state index in [2.05, 4.69) is 17.1 Å². The molecule has 2 unspecified atom stereocenters. The van der Waals surface area contributed by atoms with Gasteiger partial charge in [-0.05, 0) is 54.9 Å². The summed E-state index contributed by atoms with van der Waals surface area (Å²) in [6.07, 6.45) is 5.29. The molecule has 0 saturated heterocycles. The summed E-state index contributed by atoms with van der Waals surface area (Å²) in [5.41, 5.74) is 3.50. The maximum atomic E-state index is 13.2. The van der Waals surface area contributed by atoms with Gasteiger partial charge in [0, 0.05) is 17.1 Å². The van der Waals surface area contributed by atoms with Crippen molar-refractivity contribution in [1.82, 2.24) is 9.55 Å². The molecule has 3 heteroatoms. The van der Waals surface area contributed by atoms with Crippen LogP contribution in [-0.2, 0) is 0 Å². The van der Waals surface area contributed by atoms with Gasteiger partial charge in [-0.2, -0.15) is 0 Å². The Morgan fingerprint density at radius 3 is 2.55 bits per heavy atom. The van der Waals surface area contributed by atoms with Crippen molar-refractivity contribution in [3.63, 3.8) is 0 Å². The Bertz CT molecular complexity index is 943. The van der Waals surface area contributed by atoms with Crippen molar-refractivity contribution in [1.29, 1.82) is 0 Å². The standard InChI is InChI=1S/C19H16N2O/c22-19-18-13-9-8-12(11-13)17(18)14-5-1-2-6-15(14)21(19)16-7-3-4-10-20-16/h1-7,10,12-13H,8-9,11H2. The highest BCUT2D eigenvalue weighted by molar-refractivity contribution is 5.86. The average molecular weight is 288 g/mol. The summed E-state index contributed by atoms with van der Waals surface area (Å²) in [4.78, 5) is 17.6. The van der Waals surface area contributed by atoms with Crippen LogP contribution in [0.1, 0.15) is 42.2 Å². The van der Waals surface area contributed by atoms with Crippen molar-refractivity contribution in [2.45, 2.75) is 31.1 Å². The first kappa shape index (κ1) is 12.2. The van der Waals surface area contributed by atoms with Crippen LogP contribution in [0, 0.1) is 0 Å². The third-order valence-electron chi connectivity index (χ3n) is 5.29. The zero-order chi connectivity index (χ0) is 14.7. The summed E-state index contributed by atoms with van der Waals surface area (Å²) in [7, 11) is 0. The van der Waals surface area contributed by atoms with Crippen LogP contribution in [0.15, 0.2) is 53.5 Å². The molecular formula is C19H16N2O. The topological polar surface area (TPSA) is 34.9 Å². The monoisotopic (exact) mass is 288 g/mol. The highest BCUT2D eigenvalue weighted by atomic mass is 16.1. The Morgan fingerprint density at radius 2 is 1.73 bits per heavy atom. The smallest absolute Gasteiger partial charge is 0.260 e. The molecule has 1 saturated carbocycles. The summed E-state index contributed by atoms with van der Waals surface area (Å²) in [5.74, 6) is 1.75. The van der Waals surface area contributed by atoms with Crippen molar-refractivity contribution in [3.8, 4) is 5.82 Å². The SMILES string of the molecule is O=c1c2c(c3ccccc3n1-c1ccccn1)C1CCC2C1. The summed E-state index contributed by atoms with van der Waals surface area (Å²) >= 11 is 0. The number of rotatable bonds is 1. The minimum absolute atomic E-state index is 0.139. The van der Waals surface area contributed by atoms with E-state index >= 15 is 0 Å². The Balaban J connectivity index is 1.97. The number of benzene rings is 1. The largest absolute Gasteiger partial charge is 0.269 e. The van der Waals surface area contributed by atoms with E-state index in [1.807, 2.05) is 30.3 Å². The molecule has 108 valence electrons. The summed E-state index contributed by atoms with van der Waals surface area (Å²) in [5, 5.41) is 1.23. The first-order valence-corrected chi connectivity index (χ1v) is 7.93. The van der Waals surface area contributed by atoms with Crippen LogP contribution >= 0.6 is 0 Å². The molecule has 3 nitrogen and oxygen atoms in total. The maximum Gasteiger partial charge on any atom is 0.260 e. The lowest BCUT2D eigenvalue weighted by atomic mass is 9.89. The van der Waals surface area contributed by atoms with Gasteiger partial charge in [-0.25, -0.2) is 4.98 Å². The molecule has 0 radical (unpaired) electrons. The lowest BCUT2D eigenvalue weighted by Gasteiger charge is -2.20. The van der Waals surface area contributed by atoms with E-state index in [4.69, 9.17) is 0 Å². The Morgan fingerprint density at radius 1 is 0.955 bits per heavy atom. The molecule has 2 heterocycles. The molecule has 2 bridgehead atoms. The molecule has 1 fully saturated rings. The second-order valence-electron chi connectivity index (χ2n) is 6.38. The lowest BCUT2D eigenvalue weighted by molar-refractivity contribution is 0.706. The summed E-state index contributed by atoms with van der Waals surface area (Å²) in [6.45, 7) is 0. The van der Waals surface area contributed by atoms with E-state index in [1.165, 1.54) is 17.4 Å². The predicted octanol–water partition coefficient (Wildman–Crippen LogP) is 3.75. The molecule has 22 heavy (non-hydrogen) atoms. The van der Waals surface area contributed by atoms with Gasteiger partial charge in [0.2, 0.25) is 0 Å². The van der Waals surface area contributed by atoms with Gasteiger partial charge < -0.3 is 0 Å². The highest BCUT2D eigenvalue weighted by Gasteiger charge is 2.40. The number of fused-ring (bicyclic) bond motifs is 7. The van der Waals surface area contributed by atoms with Gasteiger partial charge in [0.15, 0.2) is 0 Å².